The lowest BCUT2D eigenvalue weighted by atomic mass is 9.89. The van der Waals surface area contributed by atoms with Gasteiger partial charge in [-0.05, 0) is 5.41 Å². The third-order valence-electron chi connectivity index (χ3n) is 3.08. The topological polar surface area (TPSA) is 74.2 Å². The summed E-state index contributed by atoms with van der Waals surface area (Å²) in [5.41, 5.74) is 0.641. The van der Waals surface area contributed by atoms with E-state index in [0.717, 1.165) is 10.7 Å². The summed E-state index contributed by atoms with van der Waals surface area (Å²) in [6.07, 6.45) is -0.574. The van der Waals surface area contributed by atoms with Crippen molar-refractivity contribution < 1.29 is 9.90 Å². The molecular formula is C15H27N3O2S. The van der Waals surface area contributed by atoms with Gasteiger partial charge in [-0.25, -0.2) is 9.78 Å². The van der Waals surface area contributed by atoms with Gasteiger partial charge in [0.2, 0.25) is 0 Å². The minimum Gasteiger partial charge on any atom is -0.391 e. The Kier molecular flexibility index (Phi) is 5.75. The Labute approximate surface area is 131 Å². The first kappa shape index (κ1) is 17.9. The lowest BCUT2D eigenvalue weighted by Crippen LogP contribution is -2.43. The summed E-state index contributed by atoms with van der Waals surface area (Å²) in [5.74, 6) is 0. The van der Waals surface area contributed by atoms with Crippen LogP contribution >= 0.6 is 11.3 Å². The number of carbonyl (C=O) groups excluding carboxylic acids is 1. The Bertz CT molecular complexity index is 472. The zero-order chi connectivity index (χ0) is 16.3. The molecule has 0 aromatic carbocycles. The van der Waals surface area contributed by atoms with Gasteiger partial charge in [0.1, 0.15) is 0 Å². The number of hydrogen-bond donors (Lipinski definition) is 3. The second-order valence-electron chi connectivity index (χ2n) is 7.34. The van der Waals surface area contributed by atoms with Crippen molar-refractivity contribution in [1.29, 1.82) is 0 Å². The number of carbonyl (C=O) groups is 1. The van der Waals surface area contributed by atoms with E-state index in [1.807, 2.05) is 26.2 Å². The molecule has 1 aromatic rings. The molecule has 5 nitrogen and oxygen atoms in total. The molecule has 1 rings (SSSR count). The number of hydrogen-bond acceptors (Lipinski definition) is 4. The van der Waals surface area contributed by atoms with Crippen LogP contribution < -0.4 is 10.6 Å². The summed E-state index contributed by atoms with van der Waals surface area (Å²) in [5, 5.41) is 18.3. The van der Waals surface area contributed by atoms with Crippen molar-refractivity contribution in [3.8, 4) is 0 Å². The van der Waals surface area contributed by atoms with Gasteiger partial charge in [0.25, 0.3) is 0 Å². The van der Waals surface area contributed by atoms with Gasteiger partial charge in [0, 0.05) is 17.3 Å². The summed E-state index contributed by atoms with van der Waals surface area (Å²) >= 11 is 1.61. The number of aliphatic hydroxyl groups excluding tert-OH is 1. The van der Waals surface area contributed by atoms with Crippen LogP contribution in [0.2, 0.25) is 0 Å². The van der Waals surface area contributed by atoms with E-state index in [1.54, 1.807) is 11.3 Å². The highest BCUT2D eigenvalue weighted by Crippen LogP contribution is 2.25. The summed E-state index contributed by atoms with van der Waals surface area (Å²) in [4.78, 5) is 16.2. The molecule has 120 valence electrons. The molecule has 0 aliphatic carbocycles. The number of aliphatic hydroxyl groups is 1. The third kappa shape index (κ3) is 6.01. The summed E-state index contributed by atoms with van der Waals surface area (Å²) in [7, 11) is 0. The van der Waals surface area contributed by atoms with Crippen LogP contribution in [0.15, 0.2) is 5.38 Å². The predicted molar refractivity (Wildman–Crippen MR) is 86.5 cm³/mol. The molecule has 0 fully saturated rings. The van der Waals surface area contributed by atoms with E-state index in [4.69, 9.17) is 0 Å². The molecule has 0 saturated heterocycles. The largest absolute Gasteiger partial charge is 0.391 e. The maximum atomic E-state index is 11.7. The van der Waals surface area contributed by atoms with Crippen LogP contribution in [-0.2, 0) is 12.0 Å². The van der Waals surface area contributed by atoms with Crippen molar-refractivity contribution in [2.75, 3.05) is 6.54 Å². The standard InChI is InChI=1S/C15H27N3O2S/c1-14(2,3)11(19)8-17-13(20)16-7-10-9-21-12(18-10)15(4,5)6/h9,11,19H,7-8H2,1-6H3,(H2,16,17,20). The van der Waals surface area contributed by atoms with Crippen LogP contribution in [0.3, 0.4) is 0 Å². The SMILES string of the molecule is CC(C)(C)c1nc(CNC(=O)NCC(O)C(C)(C)C)cs1. The number of nitrogens with one attached hydrogen (secondary N) is 2. The van der Waals surface area contributed by atoms with Crippen LogP contribution in [-0.4, -0.2) is 28.8 Å². The van der Waals surface area contributed by atoms with Crippen molar-refractivity contribution >= 4 is 17.4 Å². The molecule has 1 atom stereocenters. The Hall–Kier alpha value is -1.14. The summed E-state index contributed by atoms with van der Waals surface area (Å²) in [6.45, 7) is 12.8. The lowest BCUT2D eigenvalue weighted by molar-refractivity contribution is 0.0650. The monoisotopic (exact) mass is 313 g/mol. The third-order valence-corrected chi connectivity index (χ3v) is 4.40. The van der Waals surface area contributed by atoms with Crippen molar-refractivity contribution in [1.82, 2.24) is 15.6 Å². The van der Waals surface area contributed by atoms with Crippen LogP contribution in [0.25, 0.3) is 0 Å². The van der Waals surface area contributed by atoms with Crippen molar-refractivity contribution in [3.05, 3.63) is 16.1 Å². The molecule has 1 aromatic heterocycles. The van der Waals surface area contributed by atoms with Gasteiger partial charge in [-0.3, -0.25) is 0 Å². The Morgan fingerprint density at radius 2 is 1.90 bits per heavy atom. The maximum Gasteiger partial charge on any atom is 0.315 e. The number of aromatic nitrogens is 1. The number of thiazole rings is 1. The fourth-order valence-corrected chi connectivity index (χ4v) is 2.37. The fraction of sp³-hybridized carbons (Fsp3) is 0.733. The first-order valence-corrected chi connectivity index (χ1v) is 8.03. The molecule has 0 saturated carbocycles. The molecular weight excluding hydrogens is 286 g/mol. The van der Waals surface area contributed by atoms with E-state index in [-0.39, 0.29) is 23.4 Å². The summed E-state index contributed by atoms with van der Waals surface area (Å²) < 4.78 is 0. The van der Waals surface area contributed by atoms with Gasteiger partial charge in [0.15, 0.2) is 0 Å². The van der Waals surface area contributed by atoms with E-state index in [2.05, 4.69) is 36.4 Å². The quantitative estimate of drug-likeness (QED) is 0.800. The number of nitrogens with zero attached hydrogens (tertiary/aromatic N) is 1. The Balaban J connectivity index is 2.39. The van der Waals surface area contributed by atoms with Crippen LogP contribution in [0.5, 0.6) is 0 Å². The average Bonchev–Trinajstić information content (AvgIpc) is 2.80. The highest BCUT2D eigenvalue weighted by atomic mass is 32.1. The van der Waals surface area contributed by atoms with Gasteiger partial charge >= 0.3 is 6.03 Å². The normalized spacial score (nSPS) is 13.9. The number of amides is 2. The van der Waals surface area contributed by atoms with Gasteiger partial charge in [0.05, 0.1) is 23.4 Å². The van der Waals surface area contributed by atoms with Crippen LogP contribution in [0, 0.1) is 5.41 Å². The fourth-order valence-electron chi connectivity index (χ4n) is 1.46. The minimum absolute atomic E-state index is 0.0298. The predicted octanol–water partition coefficient (Wildman–Crippen LogP) is 2.65. The molecule has 1 unspecified atom stereocenters. The maximum absolute atomic E-state index is 11.7. The zero-order valence-corrected chi connectivity index (χ0v) is 14.6. The summed E-state index contributed by atoms with van der Waals surface area (Å²) in [6, 6.07) is -0.288. The minimum atomic E-state index is -0.574. The molecule has 3 N–H and O–H groups in total. The number of urea groups is 1. The van der Waals surface area contributed by atoms with Gasteiger partial charge < -0.3 is 15.7 Å². The molecule has 0 aliphatic rings. The molecule has 0 bridgehead atoms. The molecule has 1 heterocycles. The molecule has 2 amide bonds. The van der Waals surface area contributed by atoms with Gasteiger partial charge in [-0.1, -0.05) is 41.5 Å². The molecule has 6 heteroatoms. The molecule has 0 radical (unpaired) electrons. The van der Waals surface area contributed by atoms with E-state index in [1.165, 1.54) is 0 Å². The first-order chi connectivity index (χ1) is 9.50. The van der Waals surface area contributed by atoms with Crippen LogP contribution in [0.4, 0.5) is 4.79 Å². The zero-order valence-electron chi connectivity index (χ0n) is 13.8. The Morgan fingerprint density at radius 3 is 2.38 bits per heavy atom. The van der Waals surface area contributed by atoms with Crippen molar-refractivity contribution in [2.45, 2.75) is 59.6 Å². The highest BCUT2D eigenvalue weighted by molar-refractivity contribution is 7.09. The van der Waals surface area contributed by atoms with E-state index in [9.17, 15) is 9.90 Å². The Morgan fingerprint density at radius 1 is 1.29 bits per heavy atom. The van der Waals surface area contributed by atoms with Crippen LogP contribution in [0.1, 0.15) is 52.2 Å². The smallest absolute Gasteiger partial charge is 0.315 e. The lowest BCUT2D eigenvalue weighted by Gasteiger charge is -2.25. The second kappa shape index (κ2) is 6.75. The number of rotatable bonds is 4. The van der Waals surface area contributed by atoms with E-state index < -0.39 is 6.10 Å². The second-order valence-corrected chi connectivity index (χ2v) is 8.20. The van der Waals surface area contributed by atoms with Crippen molar-refractivity contribution in [2.24, 2.45) is 5.41 Å². The molecule has 0 aliphatic heterocycles. The van der Waals surface area contributed by atoms with E-state index >= 15 is 0 Å². The first-order valence-electron chi connectivity index (χ1n) is 7.15. The highest BCUT2D eigenvalue weighted by Gasteiger charge is 2.22. The van der Waals surface area contributed by atoms with Gasteiger partial charge in [-0.2, -0.15) is 0 Å². The van der Waals surface area contributed by atoms with Crippen molar-refractivity contribution in [3.63, 3.8) is 0 Å². The molecule has 21 heavy (non-hydrogen) atoms. The molecule has 0 spiro atoms. The van der Waals surface area contributed by atoms with Gasteiger partial charge in [-0.15, -0.1) is 11.3 Å². The van der Waals surface area contributed by atoms with E-state index in [0.29, 0.717) is 6.54 Å². The average molecular weight is 313 g/mol.